The molecule has 2 aromatic carbocycles. The van der Waals surface area contributed by atoms with E-state index in [1.165, 1.54) is 22.9 Å². The van der Waals surface area contributed by atoms with Gasteiger partial charge in [-0.15, -0.1) is 0 Å². The molecule has 0 spiro atoms. The maximum absolute atomic E-state index is 11.7. The van der Waals surface area contributed by atoms with Crippen LogP contribution in [-0.4, -0.2) is 49.9 Å². The molecule has 1 saturated heterocycles. The lowest BCUT2D eigenvalue weighted by Crippen LogP contribution is -2.45. The number of benzene rings is 2. The van der Waals surface area contributed by atoms with Crippen molar-refractivity contribution in [3.8, 4) is 0 Å². The van der Waals surface area contributed by atoms with Gasteiger partial charge in [-0.2, -0.15) is 0 Å². The van der Waals surface area contributed by atoms with E-state index in [9.17, 15) is 13.5 Å². The molecule has 5 rings (SSSR count). The van der Waals surface area contributed by atoms with Crippen molar-refractivity contribution in [1.82, 2.24) is 4.90 Å². The van der Waals surface area contributed by atoms with Gasteiger partial charge in [-0.05, 0) is 47.1 Å². The first kappa shape index (κ1) is 21.0. The Morgan fingerprint density at radius 1 is 1.06 bits per heavy atom. The average molecular weight is 441 g/mol. The normalized spacial score (nSPS) is 28.9. The number of likely N-dealkylation sites (tertiary alicyclic amines) is 1. The van der Waals surface area contributed by atoms with Crippen molar-refractivity contribution < 1.29 is 13.5 Å². The van der Waals surface area contributed by atoms with Crippen molar-refractivity contribution in [3.05, 3.63) is 65.2 Å². The lowest BCUT2D eigenvalue weighted by Gasteiger charge is -2.32. The first-order valence-corrected chi connectivity index (χ1v) is 13.2. The van der Waals surface area contributed by atoms with Gasteiger partial charge in [0.05, 0.1) is 11.9 Å². The number of nitrogens with zero attached hydrogens (tertiary/aromatic N) is 1. The van der Waals surface area contributed by atoms with Gasteiger partial charge in [0.15, 0.2) is 0 Å². The van der Waals surface area contributed by atoms with E-state index in [4.69, 9.17) is 0 Å². The molecule has 3 aliphatic rings. The first-order chi connectivity index (χ1) is 14.7. The number of sulfonamides is 1. The summed E-state index contributed by atoms with van der Waals surface area (Å²) in [5.74, 6) is 1.15. The van der Waals surface area contributed by atoms with E-state index < -0.39 is 15.6 Å². The van der Waals surface area contributed by atoms with Gasteiger partial charge in [-0.25, -0.2) is 8.42 Å². The lowest BCUT2D eigenvalue weighted by atomic mass is 9.85. The van der Waals surface area contributed by atoms with Gasteiger partial charge < -0.3 is 5.11 Å². The zero-order valence-electron chi connectivity index (χ0n) is 18.3. The second-order valence-electron chi connectivity index (χ2n) is 10.00. The molecular weight excluding hydrogens is 408 g/mol. The zero-order valence-corrected chi connectivity index (χ0v) is 19.2. The number of hydrogen-bond donors (Lipinski definition) is 2. The average Bonchev–Trinajstić information content (AvgIpc) is 2.99. The zero-order chi connectivity index (χ0) is 21.9. The molecule has 5 nitrogen and oxygen atoms in total. The highest BCUT2D eigenvalue weighted by Crippen LogP contribution is 2.66. The number of piperidine rings is 1. The van der Waals surface area contributed by atoms with Crippen LogP contribution in [0.3, 0.4) is 0 Å². The number of β-amino-alcohol motifs (C(OH)–C–C–N with tert-alkyl or cyclic N) is 1. The molecule has 2 fully saturated rings. The number of anilines is 1. The third kappa shape index (κ3) is 3.79. The molecule has 166 valence electrons. The van der Waals surface area contributed by atoms with Crippen LogP contribution in [0.4, 0.5) is 5.69 Å². The Bertz CT molecular complexity index is 1060. The van der Waals surface area contributed by atoms with Crippen LogP contribution in [0.1, 0.15) is 36.5 Å². The topological polar surface area (TPSA) is 69.6 Å². The highest BCUT2D eigenvalue weighted by atomic mass is 32.2. The Balaban J connectivity index is 1.30. The fourth-order valence-corrected chi connectivity index (χ4v) is 7.15. The predicted octanol–water partition coefficient (Wildman–Crippen LogP) is 3.19. The fraction of sp³-hybridized carbons (Fsp3) is 0.520. The van der Waals surface area contributed by atoms with Gasteiger partial charge in [0.2, 0.25) is 10.0 Å². The van der Waals surface area contributed by atoms with Crippen LogP contribution in [-0.2, 0) is 28.3 Å². The highest BCUT2D eigenvalue weighted by molar-refractivity contribution is 7.92. The summed E-state index contributed by atoms with van der Waals surface area (Å²) >= 11 is 0. The van der Waals surface area contributed by atoms with Crippen molar-refractivity contribution in [2.45, 2.75) is 43.6 Å². The smallest absolute Gasteiger partial charge is 0.229 e. The maximum Gasteiger partial charge on any atom is 0.229 e. The molecule has 0 bridgehead atoms. The molecule has 0 radical (unpaired) electrons. The largest absolute Gasteiger partial charge is 0.388 e. The summed E-state index contributed by atoms with van der Waals surface area (Å²) in [6.45, 7) is 4.97. The molecule has 1 saturated carbocycles. The Hall–Kier alpha value is -1.89. The number of rotatable bonds is 7. The van der Waals surface area contributed by atoms with Gasteiger partial charge in [-0.1, -0.05) is 49.7 Å². The summed E-state index contributed by atoms with van der Waals surface area (Å²) in [4.78, 5) is 2.45. The fourth-order valence-electron chi connectivity index (χ4n) is 6.59. The van der Waals surface area contributed by atoms with E-state index in [0.29, 0.717) is 17.5 Å². The summed E-state index contributed by atoms with van der Waals surface area (Å²) in [7, 11) is -3.29. The van der Waals surface area contributed by atoms with E-state index in [0.717, 1.165) is 45.3 Å². The minimum atomic E-state index is -3.29. The third-order valence-electron chi connectivity index (χ3n) is 7.65. The minimum absolute atomic E-state index is 0.141. The second-order valence-corrected chi connectivity index (χ2v) is 11.7. The van der Waals surface area contributed by atoms with Gasteiger partial charge in [0.25, 0.3) is 0 Å². The van der Waals surface area contributed by atoms with Crippen molar-refractivity contribution in [1.29, 1.82) is 0 Å². The van der Waals surface area contributed by atoms with E-state index >= 15 is 0 Å². The van der Waals surface area contributed by atoms with Gasteiger partial charge in [0.1, 0.15) is 0 Å². The Kier molecular flexibility index (Phi) is 4.96. The summed E-state index contributed by atoms with van der Waals surface area (Å²) < 4.78 is 26.0. The van der Waals surface area contributed by atoms with Crippen LogP contribution in [0.5, 0.6) is 0 Å². The van der Waals surface area contributed by atoms with E-state index in [-0.39, 0.29) is 5.41 Å². The highest BCUT2D eigenvalue weighted by Gasteiger charge is 2.68. The SMILES string of the molecule is CCCC1(c2cccc(NS(C)(=O)=O)c2)C2CN(CC3(O)Cc4ccccc4C3)CC21. The quantitative estimate of drug-likeness (QED) is 0.694. The van der Waals surface area contributed by atoms with Crippen molar-refractivity contribution in [2.24, 2.45) is 11.8 Å². The van der Waals surface area contributed by atoms with Crippen LogP contribution in [0.25, 0.3) is 0 Å². The summed E-state index contributed by atoms with van der Waals surface area (Å²) in [5, 5.41) is 11.3. The summed E-state index contributed by atoms with van der Waals surface area (Å²) in [6, 6.07) is 16.4. The molecule has 31 heavy (non-hydrogen) atoms. The molecule has 1 heterocycles. The van der Waals surface area contributed by atoms with Crippen LogP contribution in [0.15, 0.2) is 48.5 Å². The monoisotopic (exact) mass is 440 g/mol. The molecule has 6 heteroatoms. The lowest BCUT2D eigenvalue weighted by molar-refractivity contribution is 0.0138. The Morgan fingerprint density at radius 3 is 2.29 bits per heavy atom. The van der Waals surface area contributed by atoms with E-state index in [1.54, 1.807) is 0 Å². The molecule has 2 aliphatic carbocycles. The van der Waals surface area contributed by atoms with Crippen LogP contribution < -0.4 is 4.72 Å². The predicted molar refractivity (Wildman–Crippen MR) is 124 cm³/mol. The van der Waals surface area contributed by atoms with Crippen LogP contribution >= 0.6 is 0 Å². The van der Waals surface area contributed by atoms with E-state index in [1.807, 2.05) is 18.2 Å². The number of fused-ring (bicyclic) bond motifs is 2. The number of hydrogen-bond acceptors (Lipinski definition) is 4. The van der Waals surface area contributed by atoms with Gasteiger partial charge in [-0.3, -0.25) is 9.62 Å². The number of nitrogens with one attached hydrogen (secondary N) is 1. The molecule has 0 aromatic heterocycles. The standard InChI is InChI=1S/C25H32N2O3S/c1-3-11-25(20-9-6-10-21(12-20)26-31(2,29)30)22-15-27(16-23(22)25)17-24(28)13-18-7-4-5-8-19(18)14-24/h4-10,12,22-23,26,28H,3,11,13-17H2,1-2H3. The Morgan fingerprint density at radius 2 is 1.71 bits per heavy atom. The molecular formula is C25H32N2O3S. The summed E-state index contributed by atoms with van der Waals surface area (Å²) in [6.07, 6.45) is 4.91. The molecule has 2 aromatic rings. The molecule has 1 aliphatic heterocycles. The molecule has 2 N–H and O–H groups in total. The van der Waals surface area contributed by atoms with E-state index in [2.05, 4.69) is 46.9 Å². The second kappa shape index (κ2) is 7.32. The van der Waals surface area contributed by atoms with Crippen molar-refractivity contribution >= 4 is 15.7 Å². The minimum Gasteiger partial charge on any atom is -0.388 e. The number of aliphatic hydroxyl groups is 1. The maximum atomic E-state index is 11.7. The van der Waals surface area contributed by atoms with Gasteiger partial charge >= 0.3 is 0 Å². The van der Waals surface area contributed by atoms with Crippen molar-refractivity contribution in [3.63, 3.8) is 0 Å². The van der Waals surface area contributed by atoms with Crippen LogP contribution in [0.2, 0.25) is 0 Å². The summed E-state index contributed by atoms with van der Waals surface area (Å²) in [5.41, 5.74) is 3.95. The first-order valence-electron chi connectivity index (χ1n) is 11.3. The Labute approximate surface area is 185 Å². The third-order valence-corrected chi connectivity index (χ3v) is 8.26. The van der Waals surface area contributed by atoms with Gasteiger partial charge in [0, 0.05) is 43.6 Å². The van der Waals surface area contributed by atoms with Crippen molar-refractivity contribution in [2.75, 3.05) is 30.6 Å². The molecule has 2 atom stereocenters. The van der Waals surface area contributed by atoms with Crippen LogP contribution in [0, 0.1) is 11.8 Å². The molecule has 2 unspecified atom stereocenters. The molecule has 0 amide bonds.